The number of nitrogens with zero attached hydrogens (tertiary/aromatic N) is 6. The van der Waals surface area contributed by atoms with E-state index in [1.165, 1.54) is 26.2 Å². The van der Waals surface area contributed by atoms with E-state index in [9.17, 15) is 9.59 Å². The number of ether oxygens (including phenoxy) is 4. The van der Waals surface area contributed by atoms with Crippen molar-refractivity contribution in [2.45, 2.75) is 59.3 Å². The summed E-state index contributed by atoms with van der Waals surface area (Å²) in [5, 5.41) is 22.3. The molecule has 4 aliphatic rings. The molecule has 6 aromatic rings. The van der Waals surface area contributed by atoms with Crippen LogP contribution in [-0.4, -0.2) is 78.6 Å². The standard InChI is InChI=1S/C24H28ClN5O3.C15H16ClN5O3/c1-14-20(25)22-27-21(29-30(22)28-14)18-2-4-19(5-3-18)26-12-32-13-33-23(31)24-9-15-6-16(10-24)8-17(7-15)11-24;1-9-13(16)15-18-14(20-21(15)19-9)11-3-5-12(6-4-11)17-7-23-8-24-10(2)22/h2-5,15-17,26,28H,6-13H2,1H3;3-6,17,19H,7-8H2,1-2H3. The zero-order valence-corrected chi connectivity index (χ0v) is 33.3. The van der Waals surface area contributed by atoms with Gasteiger partial charge in [-0.05, 0) is 119 Å². The molecule has 0 aliphatic heterocycles. The number of anilines is 2. The van der Waals surface area contributed by atoms with Crippen LogP contribution in [0.5, 0.6) is 0 Å². The minimum atomic E-state index is -0.376. The molecule has 300 valence electrons. The third-order valence-corrected chi connectivity index (χ3v) is 11.9. The van der Waals surface area contributed by atoms with Crippen LogP contribution < -0.4 is 10.6 Å². The highest BCUT2D eigenvalue weighted by molar-refractivity contribution is 6.34. The van der Waals surface area contributed by atoms with E-state index >= 15 is 0 Å². The van der Waals surface area contributed by atoms with E-state index in [2.05, 4.69) is 45.7 Å². The maximum absolute atomic E-state index is 12.8. The molecule has 4 fully saturated rings. The van der Waals surface area contributed by atoms with Gasteiger partial charge in [-0.1, -0.05) is 23.2 Å². The number of carbonyl (C=O) groups excluding carboxylic acids is 2. The molecule has 0 radical (unpaired) electrons. The van der Waals surface area contributed by atoms with Crippen LogP contribution in [0, 0.1) is 37.0 Å². The van der Waals surface area contributed by atoms with Crippen molar-refractivity contribution in [1.29, 1.82) is 0 Å². The first kappa shape index (κ1) is 38.7. The maximum atomic E-state index is 12.8. The first-order valence-electron chi connectivity index (χ1n) is 18.9. The van der Waals surface area contributed by atoms with Gasteiger partial charge in [-0.2, -0.15) is 9.26 Å². The second-order valence-corrected chi connectivity index (χ2v) is 15.9. The molecule has 10 rings (SSSR count). The van der Waals surface area contributed by atoms with Crippen molar-refractivity contribution < 1.29 is 28.5 Å². The Labute approximate surface area is 337 Å². The molecule has 4 bridgehead atoms. The molecule has 0 saturated heterocycles. The number of aromatic amines is 2. The van der Waals surface area contributed by atoms with Crippen LogP contribution in [0.15, 0.2) is 48.5 Å². The SMILES string of the molecule is CC(=O)OCOCNc1ccc(-c2nc3c(Cl)c(C)[nH]n3n2)cc1.Cc1[nH]n2nc(-c3ccc(NCOCOC(=O)C45CC6CC(CC(C6)C4)C5)cc3)nc2c1Cl. The van der Waals surface area contributed by atoms with Crippen LogP contribution in [0.1, 0.15) is 56.8 Å². The number of halogens is 2. The van der Waals surface area contributed by atoms with E-state index in [0.717, 1.165) is 70.9 Å². The van der Waals surface area contributed by atoms with Gasteiger partial charge in [-0.25, -0.2) is 9.97 Å². The van der Waals surface area contributed by atoms with E-state index in [4.69, 9.17) is 37.4 Å². The minimum Gasteiger partial charge on any atom is -0.439 e. The summed E-state index contributed by atoms with van der Waals surface area (Å²) in [4.78, 5) is 32.4. The third kappa shape index (κ3) is 8.44. The number of rotatable bonds is 13. The number of nitrogens with one attached hydrogen (secondary N) is 4. The molecular formula is C39H44Cl2N10O6. The largest absolute Gasteiger partial charge is 0.439 e. The van der Waals surface area contributed by atoms with Crippen LogP contribution in [0.4, 0.5) is 11.4 Å². The highest BCUT2D eigenvalue weighted by Crippen LogP contribution is 2.60. The van der Waals surface area contributed by atoms with Crippen molar-refractivity contribution >= 4 is 57.8 Å². The van der Waals surface area contributed by atoms with E-state index in [0.29, 0.717) is 33.0 Å². The summed E-state index contributed by atoms with van der Waals surface area (Å²) in [6.45, 7) is 5.46. The van der Waals surface area contributed by atoms with Crippen LogP contribution >= 0.6 is 23.2 Å². The highest BCUT2D eigenvalue weighted by atomic mass is 35.5. The van der Waals surface area contributed by atoms with Crippen LogP contribution in [-0.2, 0) is 28.5 Å². The van der Waals surface area contributed by atoms with E-state index < -0.39 is 0 Å². The molecular weight excluding hydrogens is 775 g/mol. The fraction of sp³-hybridized carbons (Fsp3) is 0.436. The molecule has 4 aliphatic carbocycles. The lowest BCUT2D eigenvalue weighted by atomic mass is 9.49. The molecule has 0 amide bonds. The molecule has 57 heavy (non-hydrogen) atoms. The Kier molecular flexibility index (Phi) is 11.1. The predicted octanol–water partition coefficient (Wildman–Crippen LogP) is 7.38. The molecule has 16 nitrogen and oxygen atoms in total. The number of carbonyl (C=O) groups is 2. The van der Waals surface area contributed by atoms with Crippen LogP contribution in [0.3, 0.4) is 0 Å². The Morgan fingerprint density at radius 1 is 0.719 bits per heavy atom. The lowest BCUT2D eigenvalue weighted by molar-refractivity contribution is -0.182. The second-order valence-electron chi connectivity index (χ2n) is 15.1. The maximum Gasteiger partial charge on any atom is 0.314 e. The summed E-state index contributed by atoms with van der Waals surface area (Å²) in [6, 6.07) is 15.3. The van der Waals surface area contributed by atoms with E-state index in [1.54, 1.807) is 9.26 Å². The number of benzene rings is 2. The number of H-pyrrole nitrogens is 2. The number of hydrogen-bond acceptors (Lipinski definition) is 12. The summed E-state index contributed by atoms with van der Waals surface area (Å²) >= 11 is 12.4. The van der Waals surface area contributed by atoms with Crippen molar-refractivity contribution in [2.75, 3.05) is 37.7 Å². The molecule has 4 saturated carbocycles. The lowest BCUT2D eigenvalue weighted by Gasteiger charge is -2.55. The lowest BCUT2D eigenvalue weighted by Crippen LogP contribution is -2.50. The van der Waals surface area contributed by atoms with Gasteiger partial charge in [0.15, 0.2) is 36.5 Å². The summed E-state index contributed by atoms with van der Waals surface area (Å²) in [5.41, 5.74) is 6.15. The molecule has 0 spiro atoms. The zero-order chi connectivity index (χ0) is 39.7. The van der Waals surface area contributed by atoms with E-state index in [-0.39, 0.29) is 44.4 Å². The van der Waals surface area contributed by atoms with Crippen LogP contribution in [0.2, 0.25) is 10.0 Å². The highest BCUT2D eigenvalue weighted by Gasteiger charge is 2.55. The first-order valence-corrected chi connectivity index (χ1v) is 19.7. The van der Waals surface area contributed by atoms with Gasteiger partial charge in [0.05, 0.1) is 16.8 Å². The molecule has 18 heteroatoms. The molecule has 0 atom stereocenters. The average molecular weight is 820 g/mol. The van der Waals surface area contributed by atoms with Gasteiger partial charge < -0.3 is 29.6 Å². The van der Waals surface area contributed by atoms with Gasteiger partial charge >= 0.3 is 11.9 Å². The Morgan fingerprint density at radius 3 is 1.54 bits per heavy atom. The Bertz CT molecular complexity index is 2330. The minimum absolute atomic E-state index is 0.0174. The van der Waals surface area contributed by atoms with Crippen molar-refractivity contribution in [1.82, 2.24) is 39.6 Å². The van der Waals surface area contributed by atoms with Crippen molar-refractivity contribution in [3.8, 4) is 22.8 Å². The van der Waals surface area contributed by atoms with E-state index in [1.807, 2.05) is 62.4 Å². The Morgan fingerprint density at radius 2 is 1.14 bits per heavy atom. The number of esters is 2. The summed E-state index contributed by atoms with van der Waals surface area (Å²) < 4.78 is 24.0. The third-order valence-electron chi connectivity index (χ3n) is 10.9. The van der Waals surface area contributed by atoms with Gasteiger partial charge in [0, 0.05) is 29.4 Å². The average Bonchev–Trinajstić information content (AvgIpc) is 3.93. The molecule has 4 aromatic heterocycles. The molecule has 0 unspecified atom stereocenters. The fourth-order valence-electron chi connectivity index (χ4n) is 8.62. The van der Waals surface area contributed by atoms with Crippen molar-refractivity contribution in [2.24, 2.45) is 23.2 Å². The number of aryl methyl sites for hydroxylation is 2. The van der Waals surface area contributed by atoms with Gasteiger partial charge in [0.25, 0.3) is 0 Å². The molecule has 2 aromatic carbocycles. The summed E-state index contributed by atoms with van der Waals surface area (Å²) in [5.74, 6) is 2.93. The van der Waals surface area contributed by atoms with Crippen molar-refractivity contribution in [3.05, 3.63) is 70.0 Å². The Balaban J connectivity index is 0.000000169. The zero-order valence-electron chi connectivity index (χ0n) is 31.8. The summed E-state index contributed by atoms with van der Waals surface area (Å²) in [6.07, 6.45) is 6.96. The van der Waals surface area contributed by atoms with Gasteiger partial charge in [-0.3, -0.25) is 19.8 Å². The first-order chi connectivity index (χ1) is 27.5. The summed E-state index contributed by atoms with van der Waals surface area (Å²) in [7, 11) is 0. The Hall–Kier alpha value is -5.16. The number of fused-ring (bicyclic) bond motifs is 2. The predicted molar refractivity (Wildman–Crippen MR) is 212 cm³/mol. The van der Waals surface area contributed by atoms with Crippen molar-refractivity contribution in [3.63, 3.8) is 0 Å². The number of hydrogen-bond donors (Lipinski definition) is 4. The smallest absolute Gasteiger partial charge is 0.314 e. The van der Waals surface area contributed by atoms with Crippen LogP contribution in [0.25, 0.3) is 34.1 Å². The second kappa shape index (κ2) is 16.4. The molecule has 4 heterocycles. The van der Waals surface area contributed by atoms with Gasteiger partial charge in [0.2, 0.25) is 0 Å². The fourth-order valence-corrected chi connectivity index (χ4v) is 8.95. The normalized spacial score (nSPS) is 20.8. The monoisotopic (exact) mass is 818 g/mol. The van der Waals surface area contributed by atoms with Gasteiger partial charge in [0.1, 0.15) is 23.5 Å². The quantitative estimate of drug-likeness (QED) is 0.0515. The van der Waals surface area contributed by atoms with Gasteiger partial charge in [-0.15, -0.1) is 10.2 Å². The topological polar surface area (TPSA) is 187 Å². The molecule has 4 N–H and O–H groups in total. The number of aromatic nitrogens is 8.